The summed E-state index contributed by atoms with van der Waals surface area (Å²) in [5.74, 6) is -1.21. The normalized spacial score (nSPS) is 17.3. The number of hydrogen-bond donors (Lipinski definition) is 1. The van der Waals surface area contributed by atoms with E-state index < -0.39 is 12.0 Å². The maximum Gasteiger partial charge on any atom is 0.326 e. The number of aryl methyl sites for hydroxylation is 1. The summed E-state index contributed by atoms with van der Waals surface area (Å²) >= 11 is 0. The zero-order valence-corrected chi connectivity index (χ0v) is 12.9. The van der Waals surface area contributed by atoms with Crippen molar-refractivity contribution in [3.05, 3.63) is 53.9 Å². The van der Waals surface area contributed by atoms with Crippen molar-refractivity contribution in [1.82, 2.24) is 9.88 Å². The van der Waals surface area contributed by atoms with Gasteiger partial charge < -0.3 is 10.0 Å². The number of aromatic nitrogens is 1. The summed E-state index contributed by atoms with van der Waals surface area (Å²) in [6, 6.07) is 9.01. The molecule has 1 fully saturated rings. The van der Waals surface area contributed by atoms with Crippen LogP contribution in [0.3, 0.4) is 0 Å². The van der Waals surface area contributed by atoms with Crippen LogP contribution in [-0.4, -0.2) is 39.5 Å². The van der Waals surface area contributed by atoms with Gasteiger partial charge in [0.05, 0.1) is 5.56 Å². The summed E-state index contributed by atoms with van der Waals surface area (Å²) in [4.78, 5) is 29.5. The molecule has 2 aromatic rings. The second-order valence-corrected chi connectivity index (χ2v) is 5.83. The Morgan fingerprint density at radius 1 is 1.22 bits per heavy atom. The van der Waals surface area contributed by atoms with Crippen LogP contribution in [0, 0.1) is 6.92 Å². The van der Waals surface area contributed by atoms with Gasteiger partial charge >= 0.3 is 5.97 Å². The fourth-order valence-electron chi connectivity index (χ4n) is 2.97. The van der Waals surface area contributed by atoms with E-state index in [2.05, 4.69) is 4.98 Å². The van der Waals surface area contributed by atoms with E-state index in [0.717, 1.165) is 16.7 Å². The van der Waals surface area contributed by atoms with Crippen LogP contribution in [0.1, 0.15) is 28.8 Å². The lowest BCUT2D eigenvalue weighted by atomic mass is 10.0. The van der Waals surface area contributed by atoms with Gasteiger partial charge in [-0.15, -0.1) is 0 Å². The maximum atomic E-state index is 12.6. The minimum atomic E-state index is -0.946. The van der Waals surface area contributed by atoms with Crippen LogP contribution in [0.4, 0.5) is 0 Å². The third-order valence-corrected chi connectivity index (χ3v) is 4.14. The summed E-state index contributed by atoms with van der Waals surface area (Å²) in [6.45, 7) is 2.48. The van der Waals surface area contributed by atoms with Crippen molar-refractivity contribution in [3.63, 3.8) is 0 Å². The molecule has 1 aromatic carbocycles. The van der Waals surface area contributed by atoms with Gasteiger partial charge in [-0.25, -0.2) is 4.79 Å². The monoisotopic (exact) mass is 310 g/mol. The predicted octanol–water partition coefficient (Wildman–Crippen LogP) is 2.75. The minimum Gasteiger partial charge on any atom is -0.480 e. The summed E-state index contributed by atoms with van der Waals surface area (Å²) in [5, 5.41) is 9.23. The Hall–Kier alpha value is -2.69. The van der Waals surface area contributed by atoms with Crippen molar-refractivity contribution in [2.24, 2.45) is 0 Å². The van der Waals surface area contributed by atoms with Gasteiger partial charge in [-0.05, 0) is 31.4 Å². The summed E-state index contributed by atoms with van der Waals surface area (Å²) in [5.41, 5.74) is 3.40. The molecular formula is C18H18N2O3. The van der Waals surface area contributed by atoms with Gasteiger partial charge in [-0.1, -0.05) is 29.8 Å². The highest BCUT2D eigenvalue weighted by atomic mass is 16.4. The lowest BCUT2D eigenvalue weighted by molar-refractivity contribution is -0.141. The van der Waals surface area contributed by atoms with Crippen molar-refractivity contribution >= 4 is 11.9 Å². The van der Waals surface area contributed by atoms with Gasteiger partial charge in [-0.3, -0.25) is 9.78 Å². The molecule has 0 aliphatic carbocycles. The second-order valence-electron chi connectivity index (χ2n) is 5.83. The molecule has 5 nitrogen and oxygen atoms in total. The van der Waals surface area contributed by atoms with Crippen molar-refractivity contribution in [3.8, 4) is 11.1 Å². The number of carboxylic acid groups (broad SMARTS) is 1. The first kappa shape index (κ1) is 15.2. The lowest BCUT2D eigenvalue weighted by Crippen LogP contribution is -2.40. The number of likely N-dealkylation sites (tertiary alicyclic amines) is 1. The van der Waals surface area contributed by atoms with Crippen LogP contribution in [0.25, 0.3) is 11.1 Å². The first-order valence-corrected chi connectivity index (χ1v) is 7.62. The quantitative estimate of drug-likeness (QED) is 0.946. The molecule has 0 unspecified atom stereocenters. The highest BCUT2D eigenvalue weighted by Crippen LogP contribution is 2.24. The second kappa shape index (κ2) is 6.20. The Labute approximate surface area is 134 Å². The topological polar surface area (TPSA) is 70.5 Å². The van der Waals surface area contributed by atoms with E-state index in [1.807, 2.05) is 31.2 Å². The molecule has 1 atom stereocenters. The molecule has 1 aliphatic rings. The molecule has 1 aliphatic heterocycles. The molecule has 1 amide bonds. The number of hydrogen-bond acceptors (Lipinski definition) is 3. The molecule has 1 saturated heterocycles. The summed E-state index contributed by atoms with van der Waals surface area (Å²) in [7, 11) is 0. The van der Waals surface area contributed by atoms with Crippen molar-refractivity contribution in [2.45, 2.75) is 25.8 Å². The first-order valence-electron chi connectivity index (χ1n) is 7.62. The van der Waals surface area contributed by atoms with E-state index in [1.165, 1.54) is 11.1 Å². The predicted molar refractivity (Wildman–Crippen MR) is 86.1 cm³/mol. The van der Waals surface area contributed by atoms with Gasteiger partial charge in [0.25, 0.3) is 5.91 Å². The van der Waals surface area contributed by atoms with Gasteiger partial charge in [0.2, 0.25) is 0 Å². The number of benzene rings is 1. The van der Waals surface area contributed by atoms with Crippen molar-refractivity contribution in [1.29, 1.82) is 0 Å². The largest absolute Gasteiger partial charge is 0.480 e. The molecule has 118 valence electrons. The molecule has 3 rings (SSSR count). The van der Waals surface area contributed by atoms with Crippen LogP contribution < -0.4 is 0 Å². The zero-order chi connectivity index (χ0) is 16.4. The fraction of sp³-hybridized carbons (Fsp3) is 0.278. The van der Waals surface area contributed by atoms with Crippen LogP contribution in [-0.2, 0) is 4.79 Å². The average Bonchev–Trinajstić information content (AvgIpc) is 3.04. The molecule has 1 N–H and O–H groups in total. The third kappa shape index (κ3) is 3.08. The SMILES string of the molecule is Cc1cccc(-c2cncc(C(=O)N3CCC[C@@H]3C(=O)O)c2)c1. The first-order chi connectivity index (χ1) is 11.1. The Balaban J connectivity index is 1.90. The van der Waals surface area contributed by atoms with Crippen LogP contribution >= 0.6 is 0 Å². The maximum absolute atomic E-state index is 12.6. The molecule has 0 saturated carbocycles. The summed E-state index contributed by atoms with van der Waals surface area (Å²) < 4.78 is 0. The van der Waals surface area contributed by atoms with Crippen LogP contribution in [0.2, 0.25) is 0 Å². The number of carbonyl (C=O) groups is 2. The van der Waals surface area contributed by atoms with E-state index in [1.54, 1.807) is 12.3 Å². The van der Waals surface area contributed by atoms with Crippen molar-refractivity contribution in [2.75, 3.05) is 6.54 Å². The molecule has 1 aromatic heterocycles. The zero-order valence-electron chi connectivity index (χ0n) is 12.9. The molecule has 0 radical (unpaired) electrons. The fourth-order valence-corrected chi connectivity index (χ4v) is 2.97. The molecule has 0 spiro atoms. The average molecular weight is 310 g/mol. The van der Waals surface area contributed by atoms with Gasteiger partial charge in [0, 0.05) is 24.5 Å². The van der Waals surface area contributed by atoms with E-state index in [0.29, 0.717) is 24.9 Å². The van der Waals surface area contributed by atoms with E-state index >= 15 is 0 Å². The molecule has 0 bridgehead atoms. The Morgan fingerprint density at radius 3 is 2.78 bits per heavy atom. The highest BCUT2D eigenvalue weighted by Gasteiger charge is 2.34. The Morgan fingerprint density at radius 2 is 2.04 bits per heavy atom. The van der Waals surface area contributed by atoms with Gasteiger partial charge in [0.15, 0.2) is 0 Å². The minimum absolute atomic E-state index is 0.267. The van der Waals surface area contributed by atoms with Gasteiger partial charge in [-0.2, -0.15) is 0 Å². The van der Waals surface area contributed by atoms with E-state index in [9.17, 15) is 14.7 Å². The number of carboxylic acids is 1. The Kier molecular flexibility index (Phi) is 4.10. The van der Waals surface area contributed by atoms with Gasteiger partial charge in [0.1, 0.15) is 6.04 Å². The molecule has 23 heavy (non-hydrogen) atoms. The van der Waals surface area contributed by atoms with Crippen molar-refractivity contribution < 1.29 is 14.7 Å². The lowest BCUT2D eigenvalue weighted by Gasteiger charge is -2.21. The number of nitrogens with zero attached hydrogens (tertiary/aromatic N) is 2. The summed E-state index contributed by atoms with van der Waals surface area (Å²) in [6.07, 6.45) is 4.43. The highest BCUT2D eigenvalue weighted by molar-refractivity contribution is 5.97. The van der Waals surface area contributed by atoms with Crippen LogP contribution in [0.15, 0.2) is 42.7 Å². The van der Waals surface area contributed by atoms with Crippen LogP contribution in [0.5, 0.6) is 0 Å². The van der Waals surface area contributed by atoms with E-state index in [-0.39, 0.29) is 5.91 Å². The number of aliphatic carboxylic acids is 1. The third-order valence-electron chi connectivity index (χ3n) is 4.14. The smallest absolute Gasteiger partial charge is 0.326 e. The Bertz CT molecular complexity index is 757. The molecule has 5 heteroatoms. The number of carbonyl (C=O) groups excluding carboxylic acids is 1. The number of amides is 1. The number of pyridine rings is 1. The van der Waals surface area contributed by atoms with E-state index in [4.69, 9.17) is 0 Å². The molecule has 2 heterocycles. The standard InChI is InChI=1S/C18H18N2O3/c1-12-4-2-5-13(8-12)14-9-15(11-19-10-14)17(21)20-7-3-6-16(20)18(22)23/h2,4-5,8-11,16H,3,6-7H2,1H3,(H,22,23)/t16-/m1/s1. The molecular weight excluding hydrogens is 292 g/mol. The number of rotatable bonds is 3.